The predicted octanol–water partition coefficient (Wildman–Crippen LogP) is 2.85. The minimum absolute atomic E-state index is 0.0240. The van der Waals surface area contributed by atoms with E-state index in [0.717, 1.165) is 49.7 Å². The Morgan fingerprint density at radius 2 is 2.00 bits per heavy atom. The molecular formula is C25H27N7O2. The van der Waals surface area contributed by atoms with Crippen LogP contribution in [0.15, 0.2) is 48.0 Å². The number of carbonyl (C=O) groups excluding carboxylic acids is 2. The molecule has 0 bridgehead atoms. The zero-order valence-electron chi connectivity index (χ0n) is 19.0. The van der Waals surface area contributed by atoms with Gasteiger partial charge < -0.3 is 20.4 Å². The molecule has 2 amide bonds. The van der Waals surface area contributed by atoms with E-state index in [1.807, 2.05) is 41.3 Å². The van der Waals surface area contributed by atoms with Gasteiger partial charge in [0.05, 0.1) is 24.7 Å². The van der Waals surface area contributed by atoms with Crippen LogP contribution in [0.3, 0.4) is 0 Å². The summed E-state index contributed by atoms with van der Waals surface area (Å²) in [6, 6.07) is 10.6. The van der Waals surface area contributed by atoms with E-state index in [1.54, 1.807) is 11.1 Å². The highest BCUT2D eigenvalue weighted by Gasteiger charge is 2.31. The molecule has 1 aromatic carbocycles. The molecule has 0 saturated carbocycles. The number of nitrogens with one attached hydrogen (secondary N) is 2. The van der Waals surface area contributed by atoms with Crippen molar-refractivity contribution < 1.29 is 9.59 Å². The van der Waals surface area contributed by atoms with E-state index in [9.17, 15) is 14.9 Å². The van der Waals surface area contributed by atoms with Crippen molar-refractivity contribution in [3.8, 4) is 6.07 Å². The summed E-state index contributed by atoms with van der Waals surface area (Å²) in [4.78, 5) is 37.1. The highest BCUT2D eigenvalue weighted by Crippen LogP contribution is 2.21. The number of fused-ring (bicyclic) bond motifs is 1. The third kappa shape index (κ3) is 5.26. The molecule has 2 aliphatic rings. The van der Waals surface area contributed by atoms with E-state index in [0.29, 0.717) is 18.7 Å². The van der Waals surface area contributed by atoms with Crippen LogP contribution in [0.4, 0.5) is 5.69 Å². The number of carbonyl (C=O) groups is 2. The lowest BCUT2D eigenvalue weighted by Crippen LogP contribution is -2.49. The number of likely N-dealkylation sites (tertiary alicyclic amines) is 2. The molecule has 2 fully saturated rings. The molecule has 2 aromatic rings. The van der Waals surface area contributed by atoms with Gasteiger partial charge in [0.2, 0.25) is 11.8 Å². The molecule has 0 aliphatic carbocycles. The molecule has 174 valence electrons. The molecule has 1 atom stereocenters. The van der Waals surface area contributed by atoms with Gasteiger partial charge in [0.15, 0.2) is 0 Å². The van der Waals surface area contributed by atoms with Crippen LogP contribution < -0.4 is 10.6 Å². The molecule has 4 rings (SSSR count). The third-order valence-corrected chi connectivity index (χ3v) is 6.21. The summed E-state index contributed by atoms with van der Waals surface area (Å²) in [5, 5.41) is 16.7. The van der Waals surface area contributed by atoms with Gasteiger partial charge in [-0.2, -0.15) is 0 Å². The van der Waals surface area contributed by atoms with Crippen LogP contribution in [0.1, 0.15) is 32.1 Å². The SMILES string of the molecule is [C-]#[N+]/C(C#N)=C(\Nc1ccc2ncccc2c1)NC1CCCCN(CC(=O)N2CCCC2)C1=O. The first-order valence-corrected chi connectivity index (χ1v) is 11.6. The number of nitrogens with zero attached hydrogens (tertiary/aromatic N) is 5. The average Bonchev–Trinajstić information content (AvgIpc) is 3.35. The maximum atomic E-state index is 13.3. The normalized spacial score (nSPS) is 19.1. The topological polar surface area (TPSA) is 106 Å². The van der Waals surface area contributed by atoms with E-state index in [-0.39, 0.29) is 29.9 Å². The van der Waals surface area contributed by atoms with E-state index in [1.165, 1.54) is 0 Å². The Labute approximate surface area is 198 Å². The molecule has 1 aromatic heterocycles. The molecule has 34 heavy (non-hydrogen) atoms. The molecule has 2 N–H and O–H groups in total. The van der Waals surface area contributed by atoms with E-state index in [2.05, 4.69) is 20.5 Å². The number of anilines is 1. The van der Waals surface area contributed by atoms with Crippen molar-refractivity contribution in [2.24, 2.45) is 0 Å². The first kappa shape index (κ1) is 23.1. The minimum Gasteiger partial charge on any atom is -0.368 e. The minimum atomic E-state index is -0.636. The number of pyridine rings is 1. The smallest absolute Gasteiger partial charge is 0.300 e. The summed E-state index contributed by atoms with van der Waals surface area (Å²) >= 11 is 0. The number of benzene rings is 1. The van der Waals surface area contributed by atoms with E-state index in [4.69, 9.17) is 6.57 Å². The molecule has 9 nitrogen and oxygen atoms in total. The Kier molecular flexibility index (Phi) is 7.24. The molecule has 2 saturated heterocycles. The molecule has 0 spiro atoms. The zero-order valence-corrected chi connectivity index (χ0v) is 19.0. The van der Waals surface area contributed by atoms with Crippen molar-refractivity contribution in [3.63, 3.8) is 0 Å². The first-order valence-electron chi connectivity index (χ1n) is 11.6. The Hall–Kier alpha value is -4.11. The van der Waals surface area contributed by atoms with Crippen LogP contribution in [0, 0.1) is 17.9 Å². The van der Waals surface area contributed by atoms with Crippen LogP contribution in [0.25, 0.3) is 15.7 Å². The number of hydrogen-bond acceptors (Lipinski definition) is 6. The fraction of sp³-hybridized carbons (Fsp3) is 0.400. The van der Waals surface area contributed by atoms with Crippen molar-refractivity contribution in [1.82, 2.24) is 20.1 Å². The Balaban J connectivity index is 1.53. The van der Waals surface area contributed by atoms with Gasteiger partial charge in [0.25, 0.3) is 0 Å². The second-order valence-corrected chi connectivity index (χ2v) is 8.52. The quantitative estimate of drug-likeness (QED) is 0.510. The third-order valence-electron chi connectivity index (χ3n) is 6.21. The largest absolute Gasteiger partial charge is 0.368 e. The maximum absolute atomic E-state index is 13.3. The van der Waals surface area contributed by atoms with E-state index < -0.39 is 6.04 Å². The van der Waals surface area contributed by atoms with Gasteiger partial charge in [-0.15, -0.1) is 0 Å². The van der Waals surface area contributed by atoms with Crippen LogP contribution in [0.5, 0.6) is 0 Å². The fourth-order valence-corrected chi connectivity index (χ4v) is 4.40. The second kappa shape index (κ2) is 10.7. The summed E-state index contributed by atoms with van der Waals surface area (Å²) in [6.45, 7) is 9.52. The summed E-state index contributed by atoms with van der Waals surface area (Å²) in [6.07, 6.45) is 5.87. The number of allylic oxidation sites excluding steroid dienone is 1. The lowest BCUT2D eigenvalue weighted by Gasteiger charge is -2.28. The van der Waals surface area contributed by atoms with Crippen LogP contribution >= 0.6 is 0 Å². The van der Waals surface area contributed by atoms with Gasteiger partial charge >= 0.3 is 5.70 Å². The number of hydrogen-bond donors (Lipinski definition) is 2. The average molecular weight is 458 g/mol. The van der Waals surface area contributed by atoms with Crippen molar-refractivity contribution >= 4 is 28.4 Å². The predicted molar refractivity (Wildman–Crippen MR) is 128 cm³/mol. The Bertz CT molecular complexity index is 1170. The maximum Gasteiger partial charge on any atom is 0.300 e. The van der Waals surface area contributed by atoms with Crippen LogP contribution in [0.2, 0.25) is 0 Å². The summed E-state index contributed by atoms with van der Waals surface area (Å²) in [7, 11) is 0. The van der Waals surface area contributed by atoms with Crippen LogP contribution in [-0.2, 0) is 9.59 Å². The lowest BCUT2D eigenvalue weighted by molar-refractivity contribution is -0.140. The number of nitriles is 1. The first-order chi connectivity index (χ1) is 16.6. The highest BCUT2D eigenvalue weighted by molar-refractivity contribution is 5.88. The van der Waals surface area contributed by atoms with Gasteiger partial charge in [-0.25, -0.2) is 10.1 Å². The van der Waals surface area contributed by atoms with Crippen molar-refractivity contribution in [1.29, 1.82) is 5.26 Å². The van der Waals surface area contributed by atoms with E-state index >= 15 is 0 Å². The lowest BCUT2D eigenvalue weighted by atomic mass is 10.1. The summed E-state index contributed by atoms with van der Waals surface area (Å²) in [5.41, 5.74) is 1.33. The fourth-order valence-electron chi connectivity index (χ4n) is 4.40. The van der Waals surface area contributed by atoms with Gasteiger partial charge in [-0.1, -0.05) is 6.07 Å². The molecule has 0 radical (unpaired) electrons. The molecular weight excluding hydrogens is 430 g/mol. The van der Waals surface area contributed by atoms with Gasteiger partial charge in [0.1, 0.15) is 11.9 Å². The summed E-state index contributed by atoms with van der Waals surface area (Å²) in [5.74, 6) is -0.0230. The molecule has 2 aliphatic heterocycles. The Morgan fingerprint density at radius 3 is 2.76 bits per heavy atom. The van der Waals surface area contributed by atoms with Gasteiger partial charge in [-0.3, -0.25) is 14.6 Å². The second-order valence-electron chi connectivity index (χ2n) is 8.52. The Morgan fingerprint density at radius 1 is 1.21 bits per heavy atom. The molecule has 3 heterocycles. The summed E-state index contributed by atoms with van der Waals surface area (Å²) < 4.78 is 0. The van der Waals surface area contributed by atoms with Crippen molar-refractivity contribution in [3.05, 3.63) is 59.5 Å². The van der Waals surface area contributed by atoms with Crippen molar-refractivity contribution in [2.45, 2.75) is 38.1 Å². The van der Waals surface area contributed by atoms with Crippen LogP contribution in [-0.4, -0.2) is 58.8 Å². The number of rotatable bonds is 6. The number of amides is 2. The highest BCUT2D eigenvalue weighted by atomic mass is 16.2. The van der Waals surface area contributed by atoms with Gasteiger partial charge in [0, 0.05) is 36.9 Å². The molecule has 1 unspecified atom stereocenters. The zero-order chi connectivity index (χ0) is 23.9. The van der Waals surface area contributed by atoms with Crippen molar-refractivity contribution in [2.75, 3.05) is 31.5 Å². The number of aromatic nitrogens is 1. The van der Waals surface area contributed by atoms with Gasteiger partial charge in [-0.05, 0) is 56.4 Å². The molecule has 9 heteroatoms. The standard InChI is InChI=1S/C25H27N7O2/c1-27-22(16-26)24(29-19-9-10-20-18(15-19)7-6-11-28-20)30-21-8-2-3-14-32(25(21)34)17-23(33)31-12-4-5-13-31/h6-7,9-11,15,21,29-30H,2-5,8,12-14,17H2/b24-22+. The monoisotopic (exact) mass is 457 g/mol.